The van der Waals surface area contributed by atoms with Crippen LogP contribution in [0.25, 0.3) is 0 Å². The number of ether oxygens (including phenoxy) is 2. The average molecular weight is 352 g/mol. The average Bonchev–Trinajstić information content (AvgIpc) is 2.83. The first-order chi connectivity index (χ1) is 11.9. The first-order valence-electron chi connectivity index (χ1n) is 8.06. The van der Waals surface area contributed by atoms with Crippen LogP contribution < -0.4 is 5.32 Å². The van der Waals surface area contributed by atoms with Crippen LogP contribution >= 0.6 is 0 Å². The molecule has 0 aromatic heterocycles. The summed E-state index contributed by atoms with van der Waals surface area (Å²) in [5.41, 5.74) is 0. The topological polar surface area (TPSA) is 119 Å². The Bertz CT molecular complexity index is 588. The van der Waals surface area contributed by atoms with Crippen LogP contribution in [-0.2, 0) is 28.7 Å². The number of nitrogens with one attached hydrogen (secondary N) is 1. The smallest absolute Gasteiger partial charge is 0.413 e. The van der Waals surface area contributed by atoms with Gasteiger partial charge in [-0.05, 0) is 19.8 Å². The van der Waals surface area contributed by atoms with E-state index in [-0.39, 0.29) is 43.2 Å². The van der Waals surface area contributed by atoms with Gasteiger partial charge in [-0.15, -0.1) is 0 Å². The number of likely N-dealkylation sites (tertiary alicyclic amines) is 1. The second-order valence-electron chi connectivity index (χ2n) is 5.66. The Morgan fingerprint density at radius 1 is 1.12 bits per heavy atom. The van der Waals surface area contributed by atoms with Gasteiger partial charge in [0.2, 0.25) is 11.8 Å². The number of allylic oxidation sites excluding steroid dienone is 2. The van der Waals surface area contributed by atoms with Crippen LogP contribution in [0.4, 0.5) is 4.79 Å². The Hall–Kier alpha value is -2.71. The molecule has 1 saturated heterocycles. The van der Waals surface area contributed by atoms with Crippen LogP contribution in [0, 0.1) is 11.8 Å². The number of imide groups is 2. The van der Waals surface area contributed by atoms with E-state index in [2.05, 4.69) is 4.74 Å². The van der Waals surface area contributed by atoms with Gasteiger partial charge in [-0.2, -0.15) is 0 Å². The van der Waals surface area contributed by atoms with E-state index in [1.807, 2.05) is 17.5 Å². The molecule has 0 saturated carbocycles. The lowest BCUT2D eigenvalue weighted by Crippen LogP contribution is -2.36. The molecule has 0 bridgehead atoms. The normalized spacial score (nSPS) is 21.7. The molecule has 1 heterocycles. The Balaban J connectivity index is 1.73. The fourth-order valence-corrected chi connectivity index (χ4v) is 2.83. The molecule has 1 N–H and O–H groups in total. The summed E-state index contributed by atoms with van der Waals surface area (Å²) in [6.07, 6.45) is 3.69. The largest absolute Gasteiger partial charge is 0.456 e. The van der Waals surface area contributed by atoms with Crippen molar-refractivity contribution in [2.45, 2.75) is 26.2 Å². The summed E-state index contributed by atoms with van der Waals surface area (Å²) in [6, 6.07) is 0. The summed E-state index contributed by atoms with van der Waals surface area (Å²) in [7, 11) is 0. The number of alkyl carbamates (subject to hydrolysis) is 1. The van der Waals surface area contributed by atoms with Crippen LogP contribution in [0.3, 0.4) is 0 Å². The maximum Gasteiger partial charge on any atom is 0.413 e. The number of carbonyl (C=O) groups excluding carboxylic acids is 5. The lowest BCUT2D eigenvalue weighted by molar-refractivity contribution is -0.149. The fourth-order valence-electron chi connectivity index (χ4n) is 2.83. The third-order valence-corrected chi connectivity index (χ3v) is 4.02. The maximum absolute atomic E-state index is 12.2. The second kappa shape index (κ2) is 8.41. The molecular formula is C16H20N2O7. The Labute approximate surface area is 144 Å². The van der Waals surface area contributed by atoms with Crippen LogP contribution in [0.2, 0.25) is 0 Å². The Morgan fingerprint density at radius 2 is 1.72 bits per heavy atom. The summed E-state index contributed by atoms with van der Waals surface area (Å²) < 4.78 is 9.22. The van der Waals surface area contributed by atoms with Crippen molar-refractivity contribution in [1.82, 2.24) is 10.2 Å². The van der Waals surface area contributed by atoms with Crippen LogP contribution in [0.15, 0.2) is 12.2 Å². The van der Waals surface area contributed by atoms with Crippen molar-refractivity contribution in [3.8, 4) is 0 Å². The molecule has 0 unspecified atom stereocenters. The molecule has 2 rings (SSSR count). The number of carbonyl (C=O) groups is 5. The van der Waals surface area contributed by atoms with Crippen LogP contribution in [0.5, 0.6) is 0 Å². The highest BCUT2D eigenvalue weighted by Gasteiger charge is 2.46. The number of nitrogens with zero attached hydrogens (tertiary/aromatic N) is 1. The van der Waals surface area contributed by atoms with Crippen LogP contribution in [-0.4, -0.2) is 54.4 Å². The third-order valence-electron chi connectivity index (χ3n) is 4.02. The molecule has 25 heavy (non-hydrogen) atoms. The highest BCUT2D eigenvalue weighted by atomic mass is 16.6. The van der Waals surface area contributed by atoms with Crippen molar-refractivity contribution in [1.29, 1.82) is 0 Å². The van der Waals surface area contributed by atoms with E-state index in [1.54, 1.807) is 6.92 Å². The number of amides is 4. The van der Waals surface area contributed by atoms with Gasteiger partial charge in [0.25, 0.3) is 5.91 Å². The van der Waals surface area contributed by atoms with Gasteiger partial charge in [0.1, 0.15) is 0 Å². The zero-order chi connectivity index (χ0) is 18.4. The molecule has 9 heteroatoms. The minimum Gasteiger partial charge on any atom is -0.456 e. The van der Waals surface area contributed by atoms with Gasteiger partial charge < -0.3 is 9.47 Å². The molecule has 0 aromatic carbocycles. The van der Waals surface area contributed by atoms with Crippen LogP contribution in [0.1, 0.15) is 26.2 Å². The van der Waals surface area contributed by atoms with E-state index < -0.39 is 24.6 Å². The predicted molar refractivity (Wildman–Crippen MR) is 82.8 cm³/mol. The van der Waals surface area contributed by atoms with Crippen molar-refractivity contribution in [2.24, 2.45) is 11.8 Å². The summed E-state index contributed by atoms with van der Waals surface area (Å²) in [5.74, 6) is -2.79. The van der Waals surface area contributed by atoms with Crippen molar-refractivity contribution >= 4 is 29.8 Å². The molecule has 0 aromatic rings. The van der Waals surface area contributed by atoms with E-state index in [1.165, 1.54) is 0 Å². The summed E-state index contributed by atoms with van der Waals surface area (Å²) in [6.45, 7) is 0.962. The Morgan fingerprint density at radius 3 is 2.28 bits per heavy atom. The highest BCUT2D eigenvalue weighted by Crippen LogP contribution is 2.34. The van der Waals surface area contributed by atoms with Gasteiger partial charge in [0, 0.05) is 6.54 Å². The fraction of sp³-hybridized carbons (Fsp3) is 0.562. The van der Waals surface area contributed by atoms with Crippen molar-refractivity contribution in [2.75, 3.05) is 19.8 Å². The van der Waals surface area contributed by atoms with Gasteiger partial charge in [-0.25, -0.2) is 4.79 Å². The number of esters is 1. The molecule has 136 valence electrons. The van der Waals surface area contributed by atoms with E-state index in [0.717, 1.165) is 4.90 Å². The second-order valence-corrected chi connectivity index (χ2v) is 5.66. The van der Waals surface area contributed by atoms with Gasteiger partial charge in [0.05, 0.1) is 24.9 Å². The molecule has 1 aliphatic carbocycles. The molecule has 1 fully saturated rings. The van der Waals surface area contributed by atoms with Gasteiger partial charge in [-0.3, -0.25) is 29.4 Å². The third kappa shape index (κ3) is 4.65. The molecule has 2 atom stereocenters. The maximum atomic E-state index is 12.2. The predicted octanol–water partition coefficient (Wildman–Crippen LogP) is 0.144. The number of fused-ring (bicyclic) bond motifs is 1. The highest BCUT2D eigenvalue weighted by molar-refractivity contribution is 6.05. The summed E-state index contributed by atoms with van der Waals surface area (Å²) in [5, 5.41) is 1.88. The lowest BCUT2D eigenvalue weighted by atomic mass is 9.85. The summed E-state index contributed by atoms with van der Waals surface area (Å²) in [4.78, 5) is 59.5. The minimum atomic E-state index is -0.923. The molecule has 9 nitrogen and oxygen atoms in total. The lowest BCUT2D eigenvalue weighted by Gasteiger charge is -2.14. The molecule has 0 spiro atoms. The zero-order valence-electron chi connectivity index (χ0n) is 13.9. The molecule has 4 amide bonds. The number of hydrogen-bond donors (Lipinski definition) is 1. The standard InChI is InChI=1S/C16H20N2O7/c1-2-24-16(23)17-12(19)9-25-13(20)7-8-18-14(21)10-5-3-4-6-11(10)15(18)22/h3-4,10-11H,2,5-9H2,1H3,(H,17,19,23)/t10-,11-/m0/s1. The zero-order valence-corrected chi connectivity index (χ0v) is 13.9. The van der Waals surface area contributed by atoms with E-state index in [9.17, 15) is 24.0 Å². The van der Waals surface area contributed by atoms with Gasteiger partial charge in [0.15, 0.2) is 6.61 Å². The monoisotopic (exact) mass is 352 g/mol. The summed E-state index contributed by atoms with van der Waals surface area (Å²) >= 11 is 0. The molecular weight excluding hydrogens is 332 g/mol. The van der Waals surface area contributed by atoms with Gasteiger partial charge in [-0.1, -0.05) is 12.2 Å². The first kappa shape index (κ1) is 18.6. The first-order valence-corrected chi connectivity index (χ1v) is 8.06. The SMILES string of the molecule is CCOC(=O)NC(=O)COC(=O)CCN1C(=O)[C@H]2CC=CC[C@@H]2C1=O. The van der Waals surface area contributed by atoms with E-state index >= 15 is 0 Å². The molecule has 2 aliphatic rings. The Kier molecular flexibility index (Phi) is 6.26. The number of hydrogen-bond acceptors (Lipinski definition) is 7. The van der Waals surface area contributed by atoms with Crippen molar-refractivity contribution in [3.05, 3.63) is 12.2 Å². The quantitative estimate of drug-likeness (QED) is 0.410. The van der Waals surface area contributed by atoms with E-state index in [0.29, 0.717) is 12.8 Å². The van der Waals surface area contributed by atoms with Gasteiger partial charge >= 0.3 is 12.1 Å². The minimum absolute atomic E-state index is 0.0804. The molecule has 1 aliphatic heterocycles. The molecule has 0 radical (unpaired) electrons. The van der Waals surface area contributed by atoms with Crippen molar-refractivity contribution in [3.63, 3.8) is 0 Å². The number of rotatable bonds is 6. The van der Waals surface area contributed by atoms with E-state index in [4.69, 9.17) is 4.74 Å². The van der Waals surface area contributed by atoms with Crippen molar-refractivity contribution < 1.29 is 33.4 Å².